The molecule has 1 aliphatic carbocycles. The largest absolute Gasteiger partial charge is 0.447 e. The van der Waals surface area contributed by atoms with Crippen LogP contribution in [0.5, 0.6) is 0 Å². The standard InChI is InChI=1S/C11H14F4N2O3S/c12-10(13)11(14,15)6-17-21(18,19)9-4-3-8(20-9)5-16-7-1-2-7/h3-4,7,10,16-17H,1-2,5-6H2. The highest BCUT2D eigenvalue weighted by Crippen LogP contribution is 2.23. The number of nitrogens with one attached hydrogen (secondary N) is 2. The van der Waals surface area contributed by atoms with Crippen LogP contribution in [-0.4, -0.2) is 33.4 Å². The lowest BCUT2D eigenvalue weighted by molar-refractivity contribution is -0.122. The van der Waals surface area contributed by atoms with E-state index in [2.05, 4.69) is 5.32 Å². The van der Waals surface area contributed by atoms with Crippen LogP contribution in [0.3, 0.4) is 0 Å². The molecule has 1 aromatic rings. The first-order valence-electron chi connectivity index (χ1n) is 6.18. The van der Waals surface area contributed by atoms with Crippen molar-refractivity contribution in [3.8, 4) is 0 Å². The molecule has 1 fully saturated rings. The number of alkyl halides is 4. The van der Waals surface area contributed by atoms with Crippen molar-refractivity contribution in [1.82, 2.24) is 10.0 Å². The van der Waals surface area contributed by atoms with E-state index in [4.69, 9.17) is 4.42 Å². The van der Waals surface area contributed by atoms with Crippen molar-refractivity contribution in [3.63, 3.8) is 0 Å². The van der Waals surface area contributed by atoms with E-state index < -0.39 is 34.0 Å². The molecule has 1 aromatic heterocycles. The molecule has 2 rings (SSSR count). The quantitative estimate of drug-likeness (QED) is 0.712. The molecule has 21 heavy (non-hydrogen) atoms. The van der Waals surface area contributed by atoms with Gasteiger partial charge in [0.05, 0.1) is 13.1 Å². The third-order valence-electron chi connectivity index (χ3n) is 2.86. The van der Waals surface area contributed by atoms with Gasteiger partial charge in [-0.25, -0.2) is 21.9 Å². The zero-order valence-electron chi connectivity index (χ0n) is 10.8. The smallest absolute Gasteiger partial charge is 0.320 e. The number of furan rings is 1. The molecule has 0 bridgehead atoms. The van der Waals surface area contributed by atoms with Gasteiger partial charge < -0.3 is 9.73 Å². The molecule has 10 heteroatoms. The van der Waals surface area contributed by atoms with Crippen LogP contribution in [0.25, 0.3) is 0 Å². The van der Waals surface area contributed by atoms with E-state index in [1.165, 1.54) is 10.8 Å². The third-order valence-corrected chi connectivity index (χ3v) is 4.13. The fourth-order valence-electron chi connectivity index (χ4n) is 1.47. The molecular weight excluding hydrogens is 316 g/mol. The van der Waals surface area contributed by atoms with Crippen molar-refractivity contribution >= 4 is 10.0 Å². The van der Waals surface area contributed by atoms with Gasteiger partial charge in [0.2, 0.25) is 5.09 Å². The van der Waals surface area contributed by atoms with E-state index in [1.807, 2.05) is 0 Å². The van der Waals surface area contributed by atoms with Crippen LogP contribution in [0.1, 0.15) is 18.6 Å². The van der Waals surface area contributed by atoms with Gasteiger partial charge in [-0.2, -0.15) is 8.78 Å². The average molecular weight is 330 g/mol. The summed E-state index contributed by atoms with van der Waals surface area (Å²) in [5.41, 5.74) is 0. The first-order chi connectivity index (χ1) is 9.71. The minimum atomic E-state index is -4.43. The van der Waals surface area contributed by atoms with Crippen molar-refractivity contribution in [1.29, 1.82) is 0 Å². The first kappa shape index (κ1) is 16.2. The topological polar surface area (TPSA) is 71.3 Å². The maximum absolute atomic E-state index is 12.7. The summed E-state index contributed by atoms with van der Waals surface area (Å²) < 4.78 is 79.1. The third kappa shape index (κ3) is 4.42. The molecule has 0 unspecified atom stereocenters. The summed E-state index contributed by atoms with van der Waals surface area (Å²) in [6.07, 6.45) is -1.87. The second-order valence-corrected chi connectivity index (χ2v) is 6.46. The minimum absolute atomic E-state index is 0.313. The number of rotatable bonds is 8. The summed E-state index contributed by atoms with van der Waals surface area (Å²) in [4.78, 5) is 0. The summed E-state index contributed by atoms with van der Waals surface area (Å²) in [6.45, 7) is -1.38. The Kier molecular flexibility index (Phi) is 4.59. The van der Waals surface area contributed by atoms with E-state index in [0.717, 1.165) is 18.9 Å². The SMILES string of the molecule is O=S(=O)(NCC(F)(F)C(F)F)c1ccc(CNC2CC2)o1. The molecule has 0 saturated heterocycles. The Labute approximate surface area is 118 Å². The van der Waals surface area contributed by atoms with Crippen LogP contribution in [0, 0.1) is 0 Å². The number of sulfonamides is 1. The zero-order valence-corrected chi connectivity index (χ0v) is 11.6. The fourth-order valence-corrected chi connectivity index (χ4v) is 2.46. The number of halogens is 4. The molecule has 1 aliphatic rings. The molecule has 120 valence electrons. The van der Waals surface area contributed by atoms with Gasteiger partial charge >= 0.3 is 12.3 Å². The highest BCUT2D eigenvalue weighted by molar-refractivity contribution is 7.89. The average Bonchev–Trinajstić information content (AvgIpc) is 3.10. The normalized spacial score (nSPS) is 16.6. The van der Waals surface area contributed by atoms with Gasteiger partial charge in [-0.1, -0.05) is 0 Å². The summed E-state index contributed by atoms with van der Waals surface area (Å²) >= 11 is 0. The zero-order chi connectivity index (χ0) is 15.7. The van der Waals surface area contributed by atoms with Gasteiger partial charge in [0.15, 0.2) is 0 Å². The van der Waals surface area contributed by atoms with Crippen molar-refractivity contribution in [2.45, 2.75) is 42.9 Å². The molecule has 2 N–H and O–H groups in total. The number of hydrogen-bond donors (Lipinski definition) is 2. The Balaban J connectivity index is 1.95. The Hall–Kier alpha value is -1.13. The van der Waals surface area contributed by atoms with E-state index >= 15 is 0 Å². The van der Waals surface area contributed by atoms with E-state index in [-0.39, 0.29) is 0 Å². The summed E-state index contributed by atoms with van der Waals surface area (Å²) in [5.74, 6) is -4.11. The molecule has 0 atom stereocenters. The van der Waals surface area contributed by atoms with E-state index in [1.54, 1.807) is 0 Å². The molecule has 0 aliphatic heterocycles. The Morgan fingerprint density at radius 3 is 2.57 bits per heavy atom. The van der Waals surface area contributed by atoms with Crippen LogP contribution < -0.4 is 10.0 Å². The maximum atomic E-state index is 12.7. The van der Waals surface area contributed by atoms with Gasteiger partial charge in [-0.15, -0.1) is 0 Å². The Morgan fingerprint density at radius 1 is 1.33 bits per heavy atom. The molecule has 1 saturated carbocycles. The van der Waals surface area contributed by atoms with Crippen LogP contribution in [0.15, 0.2) is 21.6 Å². The molecule has 0 radical (unpaired) electrons. The minimum Gasteiger partial charge on any atom is -0.447 e. The Bertz CT molecular complexity index is 584. The molecule has 0 aromatic carbocycles. The lowest BCUT2D eigenvalue weighted by atomic mass is 10.4. The highest BCUT2D eigenvalue weighted by atomic mass is 32.2. The van der Waals surface area contributed by atoms with Gasteiger partial charge in [-0.05, 0) is 25.0 Å². The predicted molar refractivity (Wildman–Crippen MR) is 64.7 cm³/mol. The number of hydrogen-bond acceptors (Lipinski definition) is 4. The lowest BCUT2D eigenvalue weighted by Gasteiger charge is -2.15. The van der Waals surface area contributed by atoms with E-state index in [9.17, 15) is 26.0 Å². The van der Waals surface area contributed by atoms with E-state index in [0.29, 0.717) is 18.3 Å². The maximum Gasteiger partial charge on any atom is 0.320 e. The molecule has 0 spiro atoms. The van der Waals surface area contributed by atoms with Gasteiger partial charge in [0.1, 0.15) is 5.76 Å². The second kappa shape index (κ2) is 5.93. The van der Waals surface area contributed by atoms with Gasteiger partial charge in [0.25, 0.3) is 10.0 Å². The summed E-state index contributed by atoms with van der Waals surface area (Å²) in [5, 5.41) is 2.50. The van der Waals surface area contributed by atoms with Crippen molar-refractivity contribution in [2.75, 3.05) is 6.54 Å². The monoisotopic (exact) mass is 330 g/mol. The molecular formula is C11H14F4N2O3S. The van der Waals surface area contributed by atoms with Crippen LogP contribution in [0.2, 0.25) is 0 Å². The van der Waals surface area contributed by atoms with Gasteiger partial charge in [-0.3, -0.25) is 0 Å². The van der Waals surface area contributed by atoms with Crippen LogP contribution >= 0.6 is 0 Å². The van der Waals surface area contributed by atoms with Crippen LogP contribution in [0.4, 0.5) is 17.6 Å². The predicted octanol–water partition coefficient (Wildman–Crippen LogP) is 1.71. The highest BCUT2D eigenvalue weighted by Gasteiger charge is 2.41. The molecule has 5 nitrogen and oxygen atoms in total. The fraction of sp³-hybridized carbons (Fsp3) is 0.636. The lowest BCUT2D eigenvalue weighted by Crippen LogP contribution is -2.41. The van der Waals surface area contributed by atoms with Crippen molar-refractivity contribution in [3.05, 3.63) is 17.9 Å². The van der Waals surface area contributed by atoms with Gasteiger partial charge in [0, 0.05) is 6.04 Å². The summed E-state index contributed by atoms with van der Waals surface area (Å²) in [6, 6.07) is 2.86. The van der Waals surface area contributed by atoms with Crippen LogP contribution in [-0.2, 0) is 16.6 Å². The molecule has 1 heterocycles. The molecule has 0 amide bonds. The van der Waals surface area contributed by atoms with Crippen molar-refractivity contribution in [2.24, 2.45) is 0 Å². The Morgan fingerprint density at radius 2 is 2.00 bits per heavy atom. The van der Waals surface area contributed by atoms with Crippen molar-refractivity contribution < 1.29 is 30.4 Å². The summed E-state index contributed by atoms with van der Waals surface area (Å²) in [7, 11) is -4.39. The second-order valence-electron chi connectivity index (χ2n) is 4.76. The first-order valence-corrected chi connectivity index (χ1v) is 7.67.